The molecule has 0 heterocycles. The Morgan fingerprint density at radius 2 is 1.48 bits per heavy atom. The Bertz CT molecular complexity index is 928. The standard InChI is InChI=1S/C10H9.C9H7.C6H11.CH3.2ClH.Zr/c1-8-6-7-9-4-2-3-5-10(8)9;1-2-5-9-7-3-6-8(9)4-1;1-2-4-6-5-3-1;;;;/h2-7H,1H3;1-7H;1H,2-6H2;1H3;2*1H;/q;;;;;;+2/p-2. The summed E-state index contributed by atoms with van der Waals surface area (Å²) < 4.78 is 4.75. The predicted octanol–water partition coefficient (Wildman–Crippen LogP) is 1.66. The van der Waals surface area contributed by atoms with Gasteiger partial charge in [-0.1, -0.05) is 0 Å². The van der Waals surface area contributed by atoms with E-state index in [9.17, 15) is 0 Å². The molecular weight excluding hydrogens is 474 g/mol. The van der Waals surface area contributed by atoms with E-state index in [1.807, 2.05) is 0 Å². The molecule has 2 aromatic rings. The average Bonchev–Trinajstić information content (AvgIpc) is 3.31. The molecule has 0 bridgehead atoms. The first-order valence-corrected chi connectivity index (χ1v) is 17.2. The van der Waals surface area contributed by atoms with Crippen LogP contribution >= 0.6 is 0 Å². The Hall–Kier alpha value is -0.617. The molecular formula is C26H30Cl2Zr. The van der Waals surface area contributed by atoms with Gasteiger partial charge >= 0.3 is 169 Å². The molecule has 0 radical (unpaired) electrons. The molecule has 3 heteroatoms. The van der Waals surface area contributed by atoms with E-state index in [0.29, 0.717) is 3.63 Å². The molecule has 3 aliphatic carbocycles. The molecule has 0 N–H and O–H groups in total. The number of hydrogen-bond donors (Lipinski definition) is 0. The molecule has 29 heavy (non-hydrogen) atoms. The van der Waals surface area contributed by atoms with E-state index in [-0.39, 0.29) is 27.9 Å². The van der Waals surface area contributed by atoms with Crippen molar-refractivity contribution < 1.29 is 45.1 Å². The van der Waals surface area contributed by atoms with Crippen LogP contribution in [0.25, 0.3) is 12.2 Å². The van der Waals surface area contributed by atoms with Gasteiger partial charge in [0.05, 0.1) is 0 Å². The normalized spacial score (nSPS) is 25.7. The monoisotopic (exact) mass is 502 g/mol. The molecule has 2 aromatic carbocycles. The number of halogens is 2. The van der Waals surface area contributed by atoms with Crippen molar-refractivity contribution in [1.82, 2.24) is 0 Å². The third-order valence-corrected chi connectivity index (χ3v) is 24.7. The van der Waals surface area contributed by atoms with Crippen LogP contribution in [0.4, 0.5) is 0 Å². The van der Waals surface area contributed by atoms with Crippen molar-refractivity contribution in [2.75, 3.05) is 0 Å². The molecule has 0 saturated heterocycles. The summed E-state index contributed by atoms with van der Waals surface area (Å²) in [6.07, 6.45) is 17.3. The third-order valence-electron chi connectivity index (χ3n) is 8.13. The fourth-order valence-electron chi connectivity index (χ4n) is 6.41. The Balaban J connectivity index is 0.00000120. The van der Waals surface area contributed by atoms with Gasteiger partial charge in [0.2, 0.25) is 0 Å². The molecule has 3 aliphatic rings. The first-order valence-electron chi connectivity index (χ1n) is 10.7. The van der Waals surface area contributed by atoms with Crippen LogP contribution < -0.4 is 24.8 Å². The maximum atomic E-state index is 2.81. The van der Waals surface area contributed by atoms with Gasteiger partial charge in [-0.05, 0) is 0 Å². The van der Waals surface area contributed by atoms with E-state index in [1.54, 1.807) is 11.1 Å². The fourth-order valence-corrected chi connectivity index (χ4v) is 21.8. The topological polar surface area (TPSA) is 0 Å². The van der Waals surface area contributed by atoms with Gasteiger partial charge in [-0.2, -0.15) is 0 Å². The largest absolute Gasteiger partial charge is 1.00 e. The van der Waals surface area contributed by atoms with Crippen LogP contribution in [0, 0.1) is 0 Å². The summed E-state index contributed by atoms with van der Waals surface area (Å²) in [7, 11) is 0. The minimum Gasteiger partial charge on any atom is -1.00 e. The minimum atomic E-state index is -2.79. The van der Waals surface area contributed by atoms with Crippen LogP contribution in [0.2, 0.25) is 8.26 Å². The minimum absolute atomic E-state index is 0. The van der Waals surface area contributed by atoms with Crippen molar-refractivity contribution in [1.29, 1.82) is 0 Å². The van der Waals surface area contributed by atoms with Crippen molar-refractivity contribution in [3.05, 3.63) is 82.9 Å². The first kappa shape index (κ1) is 23.1. The van der Waals surface area contributed by atoms with Gasteiger partial charge in [0, 0.05) is 0 Å². The number of fused-ring (bicyclic) bond motifs is 2. The SMILES string of the molecule is C[C]1([Zr+2]([CH3])([CH]2CCCCC2)[CH]2C=Cc3ccccc32)C=Cc2ccccc21.[Cl-].[Cl-]. The van der Waals surface area contributed by atoms with Gasteiger partial charge in [0.15, 0.2) is 0 Å². The van der Waals surface area contributed by atoms with Gasteiger partial charge < -0.3 is 24.8 Å². The number of benzene rings is 2. The van der Waals surface area contributed by atoms with Gasteiger partial charge in [-0.3, -0.25) is 0 Å². The molecule has 0 nitrogen and oxygen atoms in total. The van der Waals surface area contributed by atoms with E-state index in [1.165, 1.54) is 43.2 Å². The number of rotatable bonds is 3. The number of hydrogen-bond acceptors (Lipinski definition) is 0. The van der Waals surface area contributed by atoms with Crippen LogP contribution in [0.5, 0.6) is 0 Å². The molecule has 0 amide bonds. The summed E-state index contributed by atoms with van der Waals surface area (Å²) in [5.41, 5.74) is 6.18. The summed E-state index contributed by atoms with van der Waals surface area (Å²) in [5, 5.41) is 0. The van der Waals surface area contributed by atoms with E-state index in [0.717, 1.165) is 3.63 Å². The second-order valence-corrected chi connectivity index (χ2v) is 21.6. The molecule has 3 atom stereocenters. The summed E-state index contributed by atoms with van der Waals surface area (Å²) in [6.45, 7) is 2.61. The van der Waals surface area contributed by atoms with E-state index in [2.05, 4.69) is 84.4 Å². The summed E-state index contributed by atoms with van der Waals surface area (Å²) >= 11 is -2.79. The number of allylic oxidation sites excluding steroid dienone is 2. The van der Waals surface area contributed by atoms with Gasteiger partial charge in [0.1, 0.15) is 0 Å². The summed E-state index contributed by atoms with van der Waals surface area (Å²) in [4.78, 5) is 0. The zero-order chi connectivity index (χ0) is 18.5. The van der Waals surface area contributed by atoms with Crippen LogP contribution in [-0.4, -0.2) is 0 Å². The summed E-state index contributed by atoms with van der Waals surface area (Å²) in [6, 6.07) is 18.4. The van der Waals surface area contributed by atoms with Crippen molar-refractivity contribution in [3.63, 3.8) is 0 Å². The smallest absolute Gasteiger partial charge is 1.00 e. The second kappa shape index (κ2) is 8.86. The Morgan fingerprint density at radius 1 is 0.828 bits per heavy atom. The zero-order valence-electron chi connectivity index (χ0n) is 17.4. The van der Waals surface area contributed by atoms with Crippen molar-refractivity contribution in [2.45, 2.75) is 54.0 Å². The maximum Gasteiger partial charge on any atom is -1.00 e. The van der Waals surface area contributed by atoms with Gasteiger partial charge in [0.25, 0.3) is 0 Å². The molecule has 5 rings (SSSR count). The second-order valence-electron chi connectivity index (χ2n) is 9.21. The molecule has 1 saturated carbocycles. The zero-order valence-corrected chi connectivity index (χ0v) is 21.3. The molecule has 1 fully saturated rings. The van der Waals surface area contributed by atoms with Crippen molar-refractivity contribution in [3.8, 4) is 0 Å². The van der Waals surface area contributed by atoms with Crippen molar-refractivity contribution in [2.24, 2.45) is 0 Å². The van der Waals surface area contributed by atoms with Crippen molar-refractivity contribution >= 4 is 12.2 Å². The predicted molar refractivity (Wildman–Crippen MR) is 114 cm³/mol. The first-order chi connectivity index (χ1) is 13.1. The van der Waals surface area contributed by atoms with E-state index in [4.69, 9.17) is 0 Å². The molecule has 3 unspecified atom stereocenters. The molecule has 0 spiro atoms. The van der Waals surface area contributed by atoms with Crippen LogP contribution in [-0.2, 0) is 23.4 Å². The Labute approximate surface area is 193 Å². The molecule has 152 valence electrons. The molecule has 0 aliphatic heterocycles. The Kier molecular flexibility index (Phi) is 7.04. The average molecular weight is 505 g/mol. The van der Waals surface area contributed by atoms with E-state index >= 15 is 0 Å². The van der Waals surface area contributed by atoms with E-state index < -0.39 is 20.3 Å². The Morgan fingerprint density at radius 3 is 2.24 bits per heavy atom. The fraction of sp³-hybridized carbons (Fsp3) is 0.385. The quantitative estimate of drug-likeness (QED) is 0.597. The third kappa shape index (κ3) is 3.46. The maximum absolute atomic E-state index is 2.81. The van der Waals surface area contributed by atoms with Gasteiger partial charge in [-0.25, -0.2) is 0 Å². The van der Waals surface area contributed by atoms with Crippen LogP contribution in [0.15, 0.2) is 60.7 Å². The summed E-state index contributed by atoms with van der Waals surface area (Å²) in [5.74, 6) is 0. The van der Waals surface area contributed by atoms with Crippen LogP contribution in [0.1, 0.15) is 64.9 Å². The van der Waals surface area contributed by atoms with Gasteiger partial charge in [-0.15, -0.1) is 0 Å². The molecule has 0 aromatic heterocycles. The van der Waals surface area contributed by atoms with Crippen LogP contribution in [0.3, 0.4) is 0 Å².